The van der Waals surface area contributed by atoms with Gasteiger partial charge in [0.15, 0.2) is 0 Å². The molecule has 0 aliphatic carbocycles. The molecule has 1 aliphatic heterocycles. The summed E-state index contributed by atoms with van der Waals surface area (Å²) in [7, 11) is -3.91. The smallest absolute Gasteiger partial charge is 0.244 e. The van der Waals surface area contributed by atoms with Crippen LogP contribution in [0.5, 0.6) is 0 Å². The number of rotatable bonds is 3. The fourth-order valence-electron chi connectivity index (χ4n) is 1.75. The summed E-state index contributed by atoms with van der Waals surface area (Å²) in [6, 6.07) is 2.87. The van der Waals surface area contributed by atoms with Crippen molar-refractivity contribution in [3.05, 3.63) is 23.2 Å². The molecule has 9 heteroatoms. The number of carbonyl (C=O) groups excluding carboxylic acids is 2. The van der Waals surface area contributed by atoms with Crippen LogP contribution in [0.1, 0.15) is 12.8 Å². The molecule has 4 N–H and O–H groups in total. The number of anilines is 1. The molecule has 1 saturated heterocycles. The molecule has 0 saturated carbocycles. The lowest BCUT2D eigenvalue weighted by atomic mass is 10.1. The van der Waals surface area contributed by atoms with Crippen molar-refractivity contribution in [3.63, 3.8) is 0 Å². The highest BCUT2D eigenvalue weighted by atomic mass is 35.5. The summed E-state index contributed by atoms with van der Waals surface area (Å²) in [6.07, 6.45) is 0.203. The second-order valence-electron chi connectivity index (χ2n) is 4.31. The zero-order valence-electron chi connectivity index (χ0n) is 10.2. The summed E-state index contributed by atoms with van der Waals surface area (Å²) in [6.45, 7) is 0. The Labute approximate surface area is 120 Å². The minimum Gasteiger partial charge on any atom is -0.397 e. The molecule has 1 atom stereocenters. The molecule has 1 aliphatic rings. The molecular weight excluding hydrogens is 306 g/mol. The average Bonchev–Trinajstić information content (AvgIpc) is 2.36. The van der Waals surface area contributed by atoms with Gasteiger partial charge in [-0.25, -0.2) is 8.42 Å². The van der Waals surface area contributed by atoms with Crippen LogP contribution in [0, 0.1) is 0 Å². The number of nitrogen functional groups attached to an aromatic ring is 1. The number of carbonyl (C=O) groups is 2. The molecule has 0 radical (unpaired) electrons. The maximum absolute atomic E-state index is 12.1. The summed E-state index contributed by atoms with van der Waals surface area (Å²) < 4.78 is 26.5. The third-order valence-electron chi connectivity index (χ3n) is 2.81. The first-order valence-corrected chi connectivity index (χ1v) is 7.57. The van der Waals surface area contributed by atoms with Crippen molar-refractivity contribution < 1.29 is 18.0 Å². The standard InChI is InChI=1S/C11H12ClN3O4S/c12-7-2-1-6(5-8(7)13)20(18,19)15-9-3-4-10(16)14-11(9)17/h1-2,5,9,15H,3-4,13H2,(H,14,16,17). The van der Waals surface area contributed by atoms with Crippen molar-refractivity contribution in [2.24, 2.45) is 0 Å². The molecule has 0 spiro atoms. The van der Waals surface area contributed by atoms with E-state index in [-0.39, 0.29) is 28.4 Å². The minimum absolute atomic E-state index is 0.0850. The maximum atomic E-state index is 12.1. The van der Waals surface area contributed by atoms with Crippen molar-refractivity contribution in [1.82, 2.24) is 10.0 Å². The molecule has 2 amide bonds. The van der Waals surface area contributed by atoms with Gasteiger partial charge in [-0.1, -0.05) is 11.6 Å². The minimum atomic E-state index is -3.91. The number of imide groups is 1. The van der Waals surface area contributed by atoms with E-state index in [4.69, 9.17) is 17.3 Å². The highest BCUT2D eigenvalue weighted by Crippen LogP contribution is 2.22. The van der Waals surface area contributed by atoms with Gasteiger partial charge in [-0.2, -0.15) is 4.72 Å². The second kappa shape index (κ2) is 5.39. The van der Waals surface area contributed by atoms with E-state index in [2.05, 4.69) is 10.0 Å². The lowest BCUT2D eigenvalue weighted by Crippen LogP contribution is -2.52. The van der Waals surface area contributed by atoms with Gasteiger partial charge < -0.3 is 5.73 Å². The van der Waals surface area contributed by atoms with Crippen LogP contribution >= 0.6 is 11.6 Å². The monoisotopic (exact) mass is 317 g/mol. The lowest BCUT2D eigenvalue weighted by molar-refractivity contribution is -0.134. The van der Waals surface area contributed by atoms with Crippen molar-refractivity contribution in [2.45, 2.75) is 23.8 Å². The molecule has 20 heavy (non-hydrogen) atoms. The van der Waals surface area contributed by atoms with Gasteiger partial charge in [-0.15, -0.1) is 0 Å². The molecule has 0 bridgehead atoms. The van der Waals surface area contributed by atoms with E-state index in [0.29, 0.717) is 0 Å². The summed E-state index contributed by atoms with van der Waals surface area (Å²) >= 11 is 5.72. The van der Waals surface area contributed by atoms with E-state index in [0.717, 1.165) is 0 Å². The van der Waals surface area contributed by atoms with Gasteiger partial charge in [-0.05, 0) is 24.6 Å². The Morgan fingerprint density at radius 1 is 1.35 bits per heavy atom. The van der Waals surface area contributed by atoms with Gasteiger partial charge in [0.2, 0.25) is 21.8 Å². The number of nitrogens with one attached hydrogen (secondary N) is 2. The Bertz CT molecular complexity index is 674. The Hall–Kier alpha value is -1.64. The van der Waals surface area contributed by atoms with Crippen LogP contribution in [0.3, 0.4) is 0 Å². The van der Waals surface area contributed by atoms with Gasteiger partial charge >= 0.3 is 0 Å². The first-order chi connectivity index (χ1) is 9.29. The zero-order chi connectivity index (χ0) is 14.9. The molecule has 7 nitrogen and oxygen atoms in total. The van der Waals surface area contributed by atoms with Crippen LogP contribution in [0.4, 0.5) is 5.69 Å². The second-order valence-corrected chi connectivity index (χ2v) is 6.43. The zero-order valence-corrected chi connectivity index (χ0v) is 11.8. The molecule has 1 fully saturated rings. The van der Waals surface area contributed by atoms with Crippen molar-refractivity contribution in [2.75, 3.05) is 5.73 Å². The molecule has 0 aromatic heterocycles. The number of hydrogen-bond donors (Lipinski definition) is 3. The highest BCUT2D eigenvalue weighted by Gasteiger charge is 2.30. The quantitative estimate of drug-likeness (QED) is 0.536. The number of halogens is 1. The first-order valence-electron chi connectivity index (χ1n) is 5.70. The Balaban J connectivity index is 2.21. The fraction of sp³-hybridized carbons (Fsp3) is 0.273. The fourth-order valence-corrected chi connectivity index (χ4v) is 3.13. The van der Waals surface area contributed by atoms with Gasteiger partial charge in [0, 0.05) is 6.42 Å². The third kappa shape index (κ3) is 3.09. The normalized spacial score (nSPS) is 19.8. The molecule has 1 aromatic rings. The van der Waals surface area contributed by atoms with Crippen LogP contribution < -0.4 is 15.8 Å². The SMILES string of the molecule is Nc1cc(S(=O)(=O)NC2CCC(=O)NC2=O)ccc1Cl. The van der Waals surface area contributed by atoms with Crippen LogP contribution in [0.25, 0.3) is 0 Å². The van der Waals surface area contributed by atoms with Gasteiger partial charge in [-0.3, -0.25) is 14.9 Å². The van der Waals surface area contributed by atoms with Crippen molar-refractivity contribution in [1.29, 1.82) is 0 Å². The summed E-state index contributed by atoms with van der Waals surface area (Å²) in [5.74, 6) is -1.08. The van der Waals surface area contributed by atoms with E-state index >= 15 is 0 Å². The summed E-state index contributed by atoms with van der Waals surface area (Å²) in [5.41, 5.74) is 5.67. The summed E-state index contributed by atoms with van der Waals surface area (Å²) in [4.78, 5) is 22.4. The number of benzene rings is 1. The number of sulfonamides is 1. The van der Waals surface area contributed by atoms with Crippen LogP contribution in [-0.2, 0) is 19.6 Å². The molecule has 1 heterocycles. The average molecular weight is 318 g/mol. The molecule has 1 unspecified atom stereocenters. The molecular formula is C11H12ClN3O4S. The number of amides is 2. The Kier molecular flexibility index (Phi) is 3.98. The molecule has 1 aromatic carbocycles. The van der Waals surface area contributed by atoms with Crippen molar-refractivity contribution in [3.8, 4) is 0 Å². The first kappa shape index (κ1) is 14.8. The van der Waals surface area contributed by atoms with Crippen molar-refractivity contribution >= 4 is 39.1 Å². The van der Waals surface area contributed by atoms with E-state index in [1.54, 1.807) is 0 Å². The predicted molar refractivity (Wildman–Crippen MR) is 72.4 cm³/mol. The van der Waals surface area contributed by atoms with Crippen LogP contribution in [0.15, 0.2) is 23.1 Å². The summed E-state index contributed by atoms with van der Waals surface area (Å²) in [5, 5.41) is 2.31. The number of nitrogens with two attached hydrogens (primary N) is 1. The van der Waals surface area contributed by atoms with E-state index in [9.17, 15) is 18.0 Å². The van der Waals surface area contributed by atoms with Gasteiger partial charge in [0.05, 0.1) is 15.6 Å². The number of piperidine rings is 1. The van der Waals surface area contributed by atoms with E-state index in [1.165, 1.54) is 18.2 Å². The van der Waals surface area contributed by atoms with E-state index in [1.807, 2.05) is 0 Å². The Morgan fingerprint density at radius 2 is 2.05 bits per heavy atom. The predicted octanol–water partition coefficient (Wildman–Crippen LogP) is 0.00570. The van der Waals surface area contributed by atoms with E-state index < -0.39 is 27.9 Å². The topological polar surface area (TPSA) is 118 Å². The highest BCUT2D eigenvalue weighted by molar-refractivity contribution is 7.89. The van der Waals surface area contributed by atoms with Crippen LogP contribution in [0.2, 0.25) is 5.02 Å². The Morgan fingerprint density at radius 3 is 2.65 bits per heavy atom. The maximum Gasteiger partial charge on any atom is 0.244 e. The van der Waals surface area contributed by atoms with Gasteiger partial charge in [0.1, 0.15) is 6.04 Å². The van der Waals surface area contributed by atoms with Crippen LogP contribution in [-0.4, -0.2) is 26.3 Å². The molecule has 2 rings (SSSR count). The van der Waals surface area contributed by atoms with Gasteiger partial charge in [0.25, 0.3) is 0 Å². The third-order valence-corrected chi connectivity index (χ3v) is 4.63. The largest absolute Gasteiger partial charge is 0.397 e. The lowest BCUT2D eigenvalue weighted by Gasteiger charge is -2.21. The molecule has 108 valence electrons. The number of hydrogen-bond acceptors (Lipinski definition) is 5.